The molecule has 1 aromatic heterocycles. The van der Waals surface area contributed by atoms with E-state index in [1.54, 1.807) is 24.5 Å². The van der Waals surface area contributed by atoms with Crippen LogP contribution in [0.4, 0.5) is 4.79 Å². The van der Waals surface area contributed by atoms with Gasteiger partial charge < -0.3 is 15.7 Å². The van der Waals surface area contributed by atoms with Gasteiger partial charge in [0.15, 0.2) is 0 Å². The Labute approximate surface area is 112 Å². The Hall–Kier alpha value is -2.11. The minimum Gasteiger partial charge on any atom is -0.481 e. The lowest BCUT2D eigenvalue weighted by Crippen LogP contribution is -2.45. The van der Waals surface area contributed by atoms with Gasteiger partial charge in [-0.1, -0.05) is 13.8 Å². The van der Waals surface area contributed by atoms with Gasteiger partial charge in [-0.15, -0.1) is 0 Å². The van der Waals surface area contributed by atoms with E-state index in [0.717, 1.165) is 5.56 Å². The molecule has 6 nitrogen and oxygen atoms in total. The number of carboxylic acids is 1. The van der Waals surface area contributed by atoms with E-state index in [-0.39, 0.29) is 24.4 Å². The molecule has 0 spiro atoms. The van der Waals surface area contributed by atoms with Gasteiger partial charge >= 0.3 is 12.0 Å². The first-order chi connectivity index (χ1) is 8.99. The fourth-order valence-electron chi connectivity index (χ4n) is 1.54. The molecule has 1 heterocycles. The van der Waals surface area contributed by atoms with Crippen molar-refractivity contribution in [2.45, 2.75) is 32.9 Å². The highest BCUT2D eigenvalue weighted by atomic mass is 16.4. The molecule has 2 amide bonds. The maximum Gasteiger partial charge on any atom is 0.315 e. The average Bonchev–Trinajstić information content (AvgIpc) is 2.36. The summed E-state index contributed by atoms with van der Waals surface area (Å²) >= 11 is 0. The number of carboxylic acid groups (broad SMARTS) is 1. The lowest BCUT2D eigenvalue weighted by atomic mass is 10.0. The average molecular weight is 265 g/mol. The number of pyridine rings is 1. The van der Waals surface area contributed by atoms with Gasteiger partial charge in [0.2, 0.25) is 0 Å². The summed E-state index contributed by atoms with van der Waals surface area (Å²) in [5, 5.41) is 14.1. The molecule has 0 aliphatic carbocycles. The topological polar surface area (TPSA) is 91.3 Å². The van der Waals surface area contributed by atoms with Crippen LogP contribution in [0.5, 0.6) is 0 Å². The third-order valence-corrected chi connectivity index (χ3v) is 2.72. The minimum absolute atomic E-state index is 0.0581. The second-order valence-electron chi connectivity index (χ2n) is 4.63. The van der Waals surface area contributed by atoms with E-state index in [4.69, 9.17) is 5.11 Å². The van der Waals surface area contributed by atoms with Gasteiger partial charge in [0.1, 0.15) is 0 Å². The number of nitrogens with zero attached hydrogens (tertiary/aromatic N) is 1. The maximum absolute atomic E-state index is 11.7. The van der Waals surface area contributed by atoms with Crippen LogP contribution in [0, 0.1) is 5.92 Å². The molecule has 1 unspecified atom stereocenters. The van der Waals surface area contributed by atoms with Gasteiger partial charge in [0, 0.05) is 25.0 Å². The van der Waals surface area contributed by atoms with Gasteiger partial charge in [-0.05, 0) is 23.6 Å². The first-order valence-corrected chi connectivity index (χ1v) is 6.14. The quantitative estimate of drug-likeness (QED) is 0.724. The molecular weight excluding hydrogens is 246 g/mol. The number of hydrogen-bond donors (Lipinski definition) is 3. The molecule has 0 radical (unpaired) electrons. The van der Waals surface area contributed by atoms with Crippen LogP contribution in [0.15, 0.2) is 24.5 Å². The number of urea groups is 1. The molecule has 1 atom stereocenters. The van der Waals surface area contributed by atoms with Crippen molar-refractivity contribution in [2.75, 3.05) is 0 Å². The summed E-state index contributed by atoms with van der Waals surface area (Å²) < 4.78 is 0. The Morgan fingerprint density at radius 1 is 1.32 bits per heavy atom. The highest BCUT2D eigenvalue weighted by molar-refractivity contribution is 5.75. The first-order valence-electron chi connectivity index (χ1n) is 6.14. The lowest BCUT2D eigenvalue weighted by molar-refractivity contribution is -0.137. The predicted molar refractivity (Wildman–Crippen MR) is 70.5 cm³/mol. The smallest absolute Gasteiger partial charge is 0.315 e. The number of aliphatic carboxylic acids is 1. The van der Waals surface area contributed by atoms with Crippen molar-refractivity contribution in [2.24, 2.45) is 5.92 Å². The van der Waals surface area contributed by atoms with Crippen LogP contribution >= 0.6 is 0 Å². The van der Waals surface area contributed by atoms with Crippen LogP contribution in [-0.2, 0) is 11.3 Å². The monoisotopic (exact) mass is 265 g/mol. The van der Waals surface area contributed by atoms with Crippen molar-refractivity contribution in [3.05, 3.63) is 30.1 Å². The van der Waals surface area contributed by atoms with Gasteiger partial charge in [-0.3, -0.25) is 9.78 Å². The van der Waals surface area contributed by atoms with Gasteiger partial charge in [0.25, 0.3) is 0 Å². The van der Waals surface area contributed by atoms with Crippen molar-refractivity contribution in [1.82, 2.24) is 15.6 Å². The van der Waals surface area contributed by atoms with Gasteiger partial charge in [-0.2, -0.15) is 0 Å². The third kappa shape index (κ3) is 5.85. The zero-order chi connectivity index (χ0) is 14.3. The fraction of sp³-hybridized carbons (Fsp3) is 0.462. The number of nitrogens with one attached hydrogen (secondary N) is 2. The highest BCUT2D eigenvalue weighted by Gasteiger charge is 2.19. The second kappa shape index (κ2) is 7.35. The Kier molecular flexibility index (Phi) is 5.78. The van der Waals surface area contributed by atoms with Gasteiger partial charge in [-0.25, -0.2) is 4.79 Å². The summed E-state index contributed by atoms with van der Waals surface area (Å²) in [5.41, 5.74) is 0.935. The number of amides is 2. The van der Waals surface area contributed by atoms with E-state index in [2.05, 4.69) is 15.6 Å². The molecule has 1 rings (SSSR count). The molecule has 0 fully saturated rings. The number of carbonyl (C=O) groups is 2. The summed E-state index contributed by atoms with van der Waals surface area (Å²) in [6.45, 7) is 4.12. The summed E-state index contributed by atoms with van der Waals surface area (Å²) in [6, 6.07) is 2.86. The number of rotatable bonds is 6. The fourth-order valence-corrected chi connectivity index (χ4v) is 1.54. The molecular formula is C13H19N3O3. The minimum atomic E-state index is -0.923. The lowest BCUT2D eigenvalue weighted by Gasteiger charge is -2.20. The van der Waals surface area contributed by atoms with E-state index in [0.29, 0.717) is 6.54 Å². The van der Waals surface area contributed by atoms with Crippen molar-refractivity contribution < 1.29 is 14.7 Å². The summed E-state index contributed by atoms with van der Waals surface area (Å²) in [5.74, 6) is -0.865. The molecule has 1 aromatic rings. The van der Waals surface area contributed by atoms with Gasteiger partial charge in [0.05, 0.1) is 6.42 Å². The van der Waals surface area contributed by atoms with Crippen molar-refractivity contribution in [3.8, 4) is 0 Å². The van der Waals surface area contributed by atoms with Crippen molar-refractivity contribution in [1.29, 1.82) is 0 Å². The Morgan fingerprint density at radius 3 is 2.47 bits per heavy atom. The molecule has 3 N–H and O–H groups in total. The Balaban J connectivity index is 2.42. The molecule has 0 bridgehead atoms. The first kappa shape index (κ1) is 14.9. The number of carbonyl (C=O) groups excluding carboxylic acids is 1. The third-order valence-electron chi connectivity index (χ3n) is 2.72. The summed E-state index contributed by atoms with van der Waals surface area (Å²) in [4.78, 5) is 26.3. The Bertz CT molecular complexity index is 420. The number of hydrogen-bond acceptors (Lipinski definition) is 3. The van der Waals surface area contributed by atoms with Crippen molar-refractivity contribution in [3.63, 3.8) is 0 Å². The Morgan fingerprint density at radius 2 is 1.95 bits per heavy atom. The van der Waals surface area contributed by atoms with E-state index >= 15 is 0 Å². The molecule has 104 valence electrons. The van der Waals surface area contributed by atoms with Crippen LogP contribution in [0.2, 0.25) is 0 Å². The standard InChI is InChI=1S/C13H19N3O3/c1-9(2)11(7-12(17)18)16-13(19)15-8-10-3-5-14-6-4-10/h3-6,9,11H,7-8H2,1-2H3,(H,17,18)(H2,15,16,19). The van der Waals surface area contributed by atoms with E-state index in [9.17, 15) is 9.59 Å². The zero-order valence-electron chi connectivity index (χ0n) is 11.1. The molecule has 0 saturated heterocycles. The second-order valence-corrected chi connectivity index (χ2v) is 4.63. The zero-order valence-corrected chi connectivity index (χ0v) is 11.1. The predicted octanol–water partition coefficient (Wildman–Crippen LogP) is 1.38. The largest absolute Gasteiger partial charge is 0.481 e. The normalized spacial score (nSPS) is 11.9. The molecule has 0 aliphatic heterocycles. The van der Waals surface area contributed by atoms with Crippen LogP contribution in [0.25, 0.3) is 0 Å². The highest BCUT2D eigenvalue weighted by Crippen LogP contribution is 2.06. The van der Waals surface area contributed by atoms with Crippen molar-refractivity contribution >= 4 is 12.0 Å². The van der Waals surface area contributed by atoms with Crippen LogP contribution in [0.1, 0.15) is 25.8 Å². The summed E-state index contributed by atoms with van der Waals surface area (Å²) in [7, 11) is 0. The molecule has 6 heteroatoms. The molecule has 0 saturated carbocycles. The van der Waals surface area contributed by atoms with E-state index in [1.807, 2.05) is 13.8 Å². The maximum atomic E-state index is 11.7. The SMILES string of the molecule is CC(C)C(CC(=O)O)NC(=O)NCc1ccncc1. The van der Waals surface area contributed by atoms with E-state index < -0.39 is 5.97 Å². The van der Waals surface area contributed by atoms with Crippen LogP contribution < -0.4 is 10.6 Å². The van der Waals surface area contributed by atoms with Crippen LogP contribution in [0.3, 0.4) is 0 Å². The molecule has 0 aliphatic rings. The molecule has 0 aromatic carbocycles. The molecule has 19 heavy (non-hydrogen) atoms. The number of aromatic nitrogens is 1. The van der Waals surface area contributed by atoms with E-state index in [1.165, 1.54) is 0 Å². The summed E-state index contributed by atoms with van der Waals surface area (Å²) in [6.07, 6.45) is 3.22. The van der Waals surface area contributed by atoms with Crippen LogP contribution in [-0.4, -0.2) is 28.1 Å².